The van der Waals surface area contributed by atoms with E-state index in [1.54, 1.807) is 0 Å². The molecule has 0 saturated carbocycles. The molecule has 0 heterocycles. The molecule has 0 aromatic heterocycles. The topological polar surface area (TPSA) is 0 Å². The SMILES string of the molecule is C=CC(=C(C)C)c1ccc(C)cc1.CC.CC.[W]. The van der Waals surface area contributed by atoms with Crippen LogP contribution in [0.1, 0.15) is 52.7 Å². The van der Waals surface area contributed by atoms with E-state index in [2.05, 4.69) is 51.6 Å². The first-order valence-electron chi connectivity index (χ1n) is 6.52. The van der Waals surface area contributed by atoms with Gasteiger partial charge in [0.25, 0.3) is 0 Å². The van der Waals surface area contributed by atoms with Gasteiger partial charge in [-0.25, -0.2) is 0 Å². The van der Waals surface area contributed by atoms with Crippen LogP contribution in [0, 0.1) is 6.92 Å². The quantitative estimate of drug-likeness (QED) is 0.517. The van der Waals surface area contributed by atoms with Crippen molar-refractivity contribution < 1.29 is 21.1 Å². The van der Waals surface area contributed by atoms with Crippen LogP contribution in [0.2, 0.25) is 0 Å². The second-order valence-electron chi connectivity index (χ2n) is 3.48. The molecular weight excluding hydrogens is 388 g/mol. The normalized spacial score (nSPS) is 7.50. The molecule has 1 rings (SSSR count). The van der Waals surface area contributed by atoms with E-state index in [1.807, 2.05) is 33.8 Å². The van der Waals surface area contributed by atoms with Gasteiger partial charge in [0.15, 0.2) is 0 Å². The van der Waals surface area contributed by atoms with Crippen molar-refractivity contribution in [2.75, 3.05) is 0 Å². The van der Waals surface area contributed by atoms with Gasteiger partial charge in [0.1, 0.15) is 0 Å². The number of rotatable bonds is 2. The van der Waals surface area contributed by atoms with Gasteiger partial charge in [-0.15, -0.1) is 0 Å². The number of aryl methyl sites for hydroxylation is 1. The molecule has 0 aliphatic heterocycles. The van der Waals surface area contributed by atoms with Gasteiger partial charge in [-0.05, 0) is 31.9 Å². The zero-order valence-corrected chi connectivity index (χ0v) is 15.9. The minimum Gasteiger partial charge on any atom is -0.0985 e. The van der Waals surface area contributed by atoms with Crippen molar-refractivity contribution in [1.29, 1.82) is 0 Å². The zero-order chi connectivity index (χ0) is 13.8. The number of hydrogen-bond donors (Lipinski definition) is 0. The molecule has 0 bridgehead atoms. The second-order valence-corrected chi connectivity index (χ2v) is 3.48. The van der Waals surface area contributed by atoms with E-state index in [4.69, 9.17) is 0 Å². The predicted octanol–water partition coefficient (Wildman–Crippen LogP) is 6.02. The fraction of sp³-hybridized carbons (Fsp3) is 0.412. The van der Waals surface area contributed by atoms with Crippen LogP contribution in [0.15, 0.2) is 42.5 Å². The molecule has 18 heavy (non-hydrogen) atoms. The standard InChI is InChI=1S/C13H16.2C2H6.W/c1-5-13(10(2)3)12-8-6-11(4)7-9-12;2*1-2;/h5-9H,1H2,2-4H3;2*1-2H3;. The fourth-order valence-corrected chi connectivity index (χ4v) is 1.34. The first-order valence-corrected chi connectivity index (χ1v) is 6.52. The van der Waals surface area contributed by atoms with E-state index < -0.39 is 0 Å². The van der Waals surface area contributed by atoms with E-state index in [9.17, 15) is 0 Å². The van der Waals surface area contributed by atoms with Crippen LogP contribution in [0.3, 0.4) is 0 Å². The Morgan fingerprint density at radius 3 is 1.61 bits per heavy atom. The van der Waals surface area contributed by atoms with Gasteiger partial charge in [0.2, 0.25) is 0 Å². The summed E-state index contributed by atoms with van der Waals surface area (Å²) in [6, 6.07) is 8.53. The van der Waals surface area contributed by atoms with Crippen LogP contribution in [0.5, 0.6) is 0 Å². The van der Waals surface area contributed by atoms with Crippen LogP contribution in [0.4, 0.5) is 0 Å². The third kappa shape index (κ3) is 8.47. The van der Waals surface area contributed by atoms with Crippen molar-refractivity contribution >= 4 is 5.57 Å². The second kappa shape index (κ2) is 14.4. The van der Waals surface area contributed by atoms with Crippen molar-refractivity contribution in [2.45, 2.75) is 48.5 Å². The Balaban J connectivity index is -0.000000409. The molecule has 0 unspecified atom stereocenters. The molecule has 102 valence electrons. The molecule has 1 aromatic carbocycles. The molecule has 0 saturated heterocycles. The van der Waals surface area contributed by atoms with Gasteiger partial charge in [-0.3, -0.25) is 0 Å². The molecule has 0 N–H and O–H groups in total. The monoisotopic (exact) mass is 416 g/mol. The van der Waals surface area contributed by atoms with E-state index in [0.717, 1.165) is 0 Å². The van der Waals surface area contributed by atoms with E-state index in [0.29, 0.717) is 0 Å². The Morgan fingerprint density at radius 1 is 0.944 bits per heavy atom. The Labute approximate surface area is 128 Å². The van der Waals surface area contributed by atoms with Crippen molar-refractivity contribution in [2.24, 2.45) is 0 Å². The van der Waals surface area contributed by atoms with Crippen LogP contribution < -0.4 is 0 Å². The average molecular weight is 416 g/mol. The molecule has 0 nitrogen and oxygen atoms in total. The number of allylic oxidation sites excluding steroid dienone is 3. The van der Waals surface area contributed by atoms with Crippen molar-refractivity contribution in [3.8, 4) is 0 Å². The maximum atomic E-state index is 3.82. The summed E-state index contributed by atoms with van der Waals surface area (Å²) in [6.07, 6.45) is 1.92. The molecule has 0 fully saturated rings. The first kappa shape index (κ1) is 22.6. The van der Waals surface area contributed by atoms with Crippen LogP contribution in [0.25, 0.3) is 5.57 Å². The molecule has 1 heteroatoms. The van der Waals surface area contributed by atoms with E-state index in [-0.39, 0.29) is 21.1 Å². The Hall–Kier alpha value is -0.612. The van der Waals surface area contributed by atoms with Gasteiger partial charge in [-0.1, -0.05) is 75.8 Å². The molecule has 0 radical (unpaired) electrons. The predicted molar refractivity (Wildman–Crippen MR) is 82.3 cm³/mol. The van der Waals surface area contributed by atoms with E-state index >= 15 is 0 Å². The Bertz CT molecular complexity index is 327. The summed E-state index contributed by atoms with van der Waals surface area (Å²) in [6.45, 7) is 18.1. The van der Waals surface area contributed by atoms with Crippen LogP contribution in [-0.2, 0) is 21.1 Å². The van der Waals surface area contributed by atoms with Gasteiger partial charge < -0.3 is 0 Å². The number of hydrogen-bond acceptors (Lipinski definition) is 0. The van der Waals surface area contributed by atoms with Crippen LogP contribution >= 0.6 is 0 Å². The summed E-state index contributed by atoms with van der Waals surface area (Å²) in [4.78, 5) is 0. The Kier molecular flexibility index (Phi) is 18.1. The smallest absolute Gasteiger partial charge is 0 e. The summed E-state index contributed by atoms with van der Waals surface area (Å²) >= 11 is 0. The Morgan fingerprint density at radius 2 is 1.33 bits per heavy atom. The van der Waals surface area contributed by atoms with Gasteiger partial charge in [0.05, 0.1) is 0 Å². The number of benzene rings is 1. The van der Waals surface area contributed by atoms with Crippen LogP contribution in [-0.4, -0.2) is 0 Å². The summed E-state index contributed by atoms with van der Waals surface area (Å²) in [5.74, 6) is 0. The van der Waals surface area contributed by atoms with Gasteiger partial charge >= 0.3 is 0 Å². The average Bonchev–Trinajstić information content (AvgIpc) is 2.37. The molecule has 0 amide bonds. The van der Waals surface area contributed by atoms with Crippen molar-refractivity contribution in [3.63, 3.8) is 0 Å². The van der Waals surface area contributed by atoms with Crippen molar-refractivity contribution in [1.82, 2.24) is 0 Å². The molecular formula is C17H28W. The van der Waals surface area contributed by atoms with E-state index in [1.165, 1.54) is 22.3 Å². The maximum absolute atomic E-state index is 3.82. The maximum Gasteiger partial charge on any atom is 0 e. The molecule has 1 aromatic rings. The van der Waals surface area contributed by atoms with Gasteiger partial charge in [0, 0.05) is 21.1 Å². The van der Waals surface area contributed by atoms with Crippen molar-refractivity contribution in [3.05, 3.63) is 53.6 Å². The summed E-state index contributed by atoms with van der Waals surface area (Å²) in [7, 11) is 0. The third-order valence-electron chi connectivity index (χ3n) is 2.11. The first-order chi connectivity index (χ1) is 8.15. The minimum atomic E-state index is 0. The zero-order valence-electron chi connectivity index (χ0n) is 13.0. The summed E-state index contributed by atoms with van der Waals surface area (Å²) < 4.78 is 0. The molecule has 0 atom stereocenters. The summed E-state index contributed by atoms with van der Waals surface area (Å²) in [5, 5.41) is 0. The fourth-order valence-electron chi connectivity index (χ4n) is 1.34. The largest absolute Gasteiger partial charge is 0.0985 e. The van der Waals surface area contributed by atoms with Gasteiger partial charge in [-0.2, -0.15) is 0 Å². The summed E-state index contributed by atoms with van der Waals surface area (Å²) in [5.41, 5.74) is 5.08. The molecule has 0 aliphatic rings. The molecule has 0 aliphatic carbocycles. The molecule has 0 spiro atoms. The third-order valence-corrected chi connectivity index (χ3v) is 2.11. The minimum absolute atomic E-state index is 0.